The average Bonchev–Trinajstić information content (AvgIpc) is 2.48. The molecular weight excluding hydrogens is 344 g/mol. The maximum atomic E-state index is 10.5. The predicted molar refractivity (Wildman–Crippen MR) is 82.8 cm³/mol. The molecule has 0 amide bonds. The zero-order chi connectivity index (χ0) is 14.7. The van der Waals surface area contributed by atoms with Gasteiger partial charge in [0, 0.05) is 21.1 Å². The average molecular weight is 358 g/mol. The van der Waals surface area contributed by atoms with Crippen LogP contribution in [0.1, 0.15) is 17.2 Å². The van der Waals surface area contributed by atoms with Crippen LogP contribution < -0.4 is 9.47 Å². The standard InChI is InChI=1S/C15H14BrClO3/c1-19-11-5-9(6-12(8-11)20-2)15(18)13-7-10(16)3-4-14(13)17/h3-8,15,18H,1-2H3. The van der Waals surface area contributed by atoms with Gasteiger partial charge in [-0.05, 0) is 35.9 Å². The molecule has 2 aromatic carbocycles. The highest BCUT2D eigenvalue weighted by Crippen LogP contribution is 2.34. The lowest BCUT2D eigenvalue weighted by Gasteiger charge is -2.16. The summed E-state index contributed by atoms with van der Waals surface area (Å²) in [4.78, 5) is 0. The molecule has 0 radical (unpaired) electrons. The lowest BCUT2D eigenvalue weighted by molar-refractivity contribution is 0.219. The SMILES string of the molecule is COc1cc(OC)cc(C(O)c2cc(Br)ccc2Cl)c1. The highest BCUT2D eigenvalue weighted by atomic mass is 79.9. The van der Waals surface area contributed by atoms with Gasteiger partial charge in [-0.1, -0.05) is 27.5 Å². The molecular formula is C15H14BrClO3. The van der Waals surface area contributed by atoms with E-state index in [2.05, 4.69) is 15.9 Å². The van der Waals surface area contributed by atoms with E-state index in [0.717, 1.165) is 4.47 Å². The van der Waals surface area contributed by atoms with Crippen molar-refractivity contribution in [3.05, 3.63) is 57.0 Å². The topological polar surface area (TPSA) is 38.7 Å². The minimum absolute atomic E-state index is 0.502. The van der Waals surface area contributed by atoms with Crippen LogP contribution in [0.3, 0.4) is 0 Å². The third-order valence-corrected chi connectivity index (χ3v) is 3.78. The number of hydrogen-bond acceptors (Lipinski definition) is 3. The third kappa shape index (κ3) is 3.26. The number of aliphatic hydroxyl groups is 1. The molecule has 0 spiro atoms. The van der Waals surface area contributed by atoms with Crippen LogP contribution in [-0.2, 0) is 0 Å². The Balaban J connectivity index is 2.46. The van der Waals surface area contributed by atoms with E-state index in [1.54, 1.807) is 44.6 Å². The number of aliphatic hydroxyl groups excluding tert-OH is 1. The Morgan fingerprint density at radius 1 is 1.05 bits per heavy atom. The molecule has 20 heavy (non-hydrogen) atoms. The molecule has 2 aromatic rings. The monoisotopic (exact) mass is 356 g/mol. The lowest BCUT2D eigenvalue weighted by Crippen LogP contribution is -2.02. The van der Waals surface area contributed by atoms with Gasteiger partial charge in [-0.15, -0.1) is 0 Å². The normalized spacial score (nSPS) is 12.1. The number of hydrogen-bond donors (Lipinski definition) is 1. The van der Waals surface area contributed by atoms with Gasteiger partial charge in [0.1, 0.15) is 17.6 Å². The van der Waals surface area contributed by atoms with Gasteiger partial charge in [-0.2, -0.15) is 0 Å². The molecule has 1 N–H and O–H groups in total. The van der Waals surface area contributed by atoms with Gasteiger partial charge in [0.2, 0.25) is 0 Å². The fourth-order valence-corrected chi connectivity index (χ4v) is 2.49. The highest BCUT2D eigenvalue weighted by Gasteiger charge is 2.16. The van der Waals surface area contributed by atoms with Crippen LogP contribution in [0, 0.1) is 0 Å². The summed E-state index contributed by atoms with van der Waals surface area (Å²) < 4.78 is 11.3. The summed E-state index contributed by atoms with van der Waals surface area (Å²) in [5.74, 6) is 1.23. The Morgan fingerprint density at radius 2 is 1.65 bits per heavy atom. The number of rotatable bonds is 4. The number of benzene rings is 2. The van der Waals surface area contributed by atoms with E-state index in [1.807, 2.05) is 6.07 Å². The molecule has 0 saturated carbocycles. The van der Waals surface area contributed by atoms with Gasteiger partial charge in [-0.3, -0.25) is 0 Å². The molecule has 1 atom stereocenters. The molecule has 0 aliphatic heterocycles. The quantitative estimate of drug-likeness (QED) is 0.891. The summed E-state index contributed by atoms with van der Waals surface area (Å²) in [5.41, 5.74) is 1.28. The third-order valence-electron chi connectivity index (χ3n) is 2.94. The molecule has 1 unspecified atom stereocenters. The van der Waals surface area contributed by atoms with Gasteiger partial charge in [0.25, 0.3) is 0 Å². The van der Waals surface area contributed by atoms with Gasteiger partial charge in [0.15, 0.2) is 0 Å². The fourth-order valence-electron chi connectivity index (χ4n) is 1.89. The van der Waals surface area contributed by atoms with Gasteiger partial charge in [0.05, 0.1) is 14.2 Å². The maximum Gasteiger partial charge on any atom is 0.122 e. The van der Waals surface area contributed by atoms with Crippen molar-refractivity contribution >= 4 is 27.5 Å². The predicted octanol–water partition coefficient (Wildman–Crippen LogP) is 4.20. The molecule has 106 valence electrons. The first-order valence-electron chi connectivity index (χ1n) is 5.91. The summed E-state index contributed by atoms with van der Waals surface area (Å²) in [6.07, 6.45) is -0.857. The van der Waals surface area contributed by atoms with Crippen LogP contribution in [0.2, 0.25) is 5.02 Å². The minimum atomic E-state index is -0.857. The second-order valence-electron chi connectivity index (χ2n) is 4.21. The Labute approximate surface area is 131 Å². The molecule has 0 aliphatic rings. The van der Waals surface area contributed by atoms with E-state index in [1.165, 1.54) is 0 Å². The Morgan fingerprint density at radius 3 is 2.20 bits per heavy atom. The van der Waals surface area contributed by atoms with Crippen molar-refractivity contribution in [3.8, 4) is 11.5 Å². The molecule has 5 heteroatoms. The van der Waals surface area contributed by atoms with Crippen molar-refractivity contribution in [2.45, 2.75) is 6.10 Å². The van der Waals surface area contributed by atoms with Crippen LogP contribution in [0.15, 0.2) is 40.9 Å². The molecule has 0 fully saturated rings. The van der Waals surface area contributed by atoms with E-state index in [0.29, 0.717) is 27.6 Å². The van der Waals surface area contributed by atoms with Crippen molar-refractivity contribution < 1.29 is 14.6 Å². The first-order chi connectivity index (χ1) is 9.55. The van der Waals surface area contributed by atoms with E-state index in [4.69, 9.17) is 21.1 Å². The molecule has 0 aromatic heterocycles. The van der Waals surface area contributed by atoms with Crippen LogP contribution in [-0.4, -0.2) is 19.3 Å². The summed E-state index contributed by atoms with van der Waals surface area (Å²) in [5, 5.41) is 11.0. The minimum Gasteiger partial charge on any atom is -0.497 e. The summed E-state index contributed by atoms with van der Waals surface area (Å²) in [6, 6.07) is 10.6. The smallest absolute Gasteiger partial charge is 0.122 e. The summed E-state index contributed by atoms with van der Waals surface area (Å²) in [7, 11) is 3.13. The second kappa shape index (κ2) is 6.48. The van der Waals surface area contributed by atoms with E-state index in [9.17, 15) is 5.11 Å². The van der Waals surface area contributed by atoms with Crippen LogP contribution >= 0.6 is 27.5 Å². The van der Waals surface area contributed by atoms with Crippen LogP contribution in [0.5, 0.6) is 11.5 Å². The van der Waals surface area contributed by atoms with E-state index in [-0.39, 0.29) is 0 Å². The van der Waals surface area contributed by atoms with Crippen molar-refractivity contribution in [2.75, 3.05) is 14.2 Å². The zero-order valence-electron chi connectivity index (χ0n) is 11.1. The van der Waals surface area contributed by atoms with Crippen molar-refractivity contribution in [1.29, 1.82) is 0 Å². The molecule has 2 rings (SSSR count). The number of halogens is 2. The highest BCUT2D eigenvalue weighted by molar-refractivity contribution is 9.10. The maximum absolute atomic E-state index is 10.5. The van der Waals surface area contributed by atoms with E-state index < -0.39 is 6.10 Å². The fraction of sp³-hybridized carbons (Fsp3) is 0.200. The zero-order valence-corrected chi connectivity index (χ0v) is 13.4. The molecule has 3 nitrogen and oxygen atoms in total. The van der Waals surface area contributed by atoms with Crippen molar-refractivity contribution in [1.82, 2.24) is 0 Å². The molecule has 0 aliphatic carbocycles. The lowest BCUT2D eigenvalue weighted by atomic mass is 10.0. The molecule has 0 heterocycles. The van der Waals surface area contributed by atoms with Crippen molar-refractivity contribution in [2.24, 2.45) is 0 Å². The largest absolute Gasteiger partial charge is 0.497 e. The molecule has 0 bridgehead atoms. The number of methoxy groups -OCH3 is 2. The Hall–Kier alpha value is -1.23. The second-order valence-corrected chi connectivity index (χ2v) is 5.54. The van der Waals surface area contributed by atoms with Crippen LogP contribution in [0.25, 0.3) is 0 Å². The Kier molecular flexibility index (Phi) is 4.91. The summed E-state index contributed by atoms with van der Waals surface area (Å²) >= 11 is 9.52. The van der Waals surface area contributed by atoms with Crippen LogP contribution in [0.4, 0.5) is 0 Å². The van der Waals surface area contributed by atoms with Gasteiger partial charge >= 0.3 is 0 Å². The molecule has 0 saturated heterocycles. The van der Waals surface area contributed by atoms with Gasteiger partial charge < -0.3 is 14.6 Å². The Bertz CT molecular complexity index is 594. The summed E-state index contributed by atoms with van der Waals surface area (Å²) in [6.45, 7) is 0. The van der Waals surface area contributed by atoms with Gasteiger partial charge in [-0.25, -0.2) is 0 Å². The van der Waals surface area contributed by atoms with E-state index >= 15 is 0 Å². The first-order valence-corrected chi connectivity index (χ1v) is 7.08. The first kappa shape index (κ1) is 15.2. The number of ether oxygens (including phenoxy) is 2. The van der Waals surface area contributed by atoms with Crippen molar-refractivity contribution in [3.63, 3.8) is 0 Å².